The predicted molar refractivity (Wildman–Crippen MR) is 145 cm³/mol. The third-order valence-electron chi connectivity index (χ3n) is 5.77. The second-order valence-corrected chi connectivity index (χ2v) is 10.7. The van der Waals surface area contributed by atoms with E-state index in [1.165, 1.54) is 43.3 Å². The van der Waals surface area contributed by atoms with Crippen molar-refractivity contribution in [3.63, 3.8) is 0 Å². The zero-order chi connectivity index (χ0) is 27.2. The quantitative estimate of drug-likeness (QED) is 0.395. The number of nitrogens with one attached hydrogen (secondary N) is 1. The number of hydrogen-bond acceptors (Lipinski definition) is 5. The molecule has 0 saturated carbocycles. The molecule has 0 fully saturated rings. The SMILES string of the molecule is CNC(=O)C(C)N(Cc1c(Cl)cccc1Cl)C(=O)CN(c1ccccc1)S(=O)(=O)c1ccc(OC)cc1. The standard InChI is InChI=1S/C26H27Cl2N3O5S/c1-18(26(33)29-2)30(16-22-23(27)10-7-11-24(22)28)25(32)17-31(19-8-5-4-6-9-19)37(34,35)21-14-12-20(36-3)13-15-21/h4-15,18H,16-17H2,1-3H3,(H,29,33). The highest BCUT2D eigenvalue weighted by Gasteiger charge is 2.32. The van der Waals surface area contributed by atoms with Gasteiger partial charge in [-0.1, -0.05) is 47.5 Å². The monoisotopic (exact) mass is 563 g/mol. The number of anilines is 1. The van der Waals surface area contributed by atoms with Gasteiger partial charge in [-0.15, -0.1) is 0 Å². The Morgan fingerprint density at radius 2 is 1.54 bits per heavy atom. The molecule has 0 aliphatic carbocycles. The molecular formula is C26H27Cl2N3O5S. The van der Waals surface area contributed by atoms with Crippen LogP contribution in [0.3, 0.4) is 0 Å². The molecule has 37 heavy (non-hydrogen) atoms. The topological polar surface area (TPSA) is 96.0 Å². The third kappa shape index (κ3) is 6.54. The summed E-state index contributed by atoms with van der Waals surface area (Å²) in [4.78, 5) is 27.5. The summed E-state index contributed by atoms with van der Waals surface area (Å²) < 4.78 is 33.6. The molecule has 0 aromatic heterocycles. The number of carbonyl (C=O) groups is 2. The third-order valence-corrected chi connectivity index (χ3v) is 8.27. The highest BCUT2D eigenvalue weighted by Crippen LogP contribution is 2.28. The summed E-state index contributed by atoms with van der Waals surface area (Å²) in [6.07, 6.45) is 0. The van der Waals surface area contributed by atoms with E-state index < -0.39 is 34.4 Å². The van der Waals surface area contributed by atoms with Crippen LogP contribution in [0.1, 0.15) is 12.5 Å². The summed E-state index contributed by atoms with van der Waals surface area (Å²) in [6, 6.07) is 18.1. The molecule has 0 heterocycles. The molecule has 0 spiro atoms. The van der Waals surface area contributed by atoms with Gasteiger partial charge in [-0.25, -0.2) is 8.42 Å². The van der Waals surface area contributed by atoms with Gasteiger partial charge in [0, 0.05) is 29.2 Å². The molecule has 0 saturated heterocycles. The van der Waals surface area contributed by atoms with Crippen LogP contribution >= 0.6 is 23.2 Å². The fraction of sp³-hybridized carbons (Fsp3) is 0.231. The maximum Gasteiger partial charge on any atom is 0.264 e. The normalized spacial score (nSPS) is 11.9. The van der Waals surface area contributed by atoms with Crippen LogP contribution in [0.5, 0.6) is 5.75 Å². The Morgan fingerprint density at radius 3 is 2.08 bits per heavy atom. The molecule has 3 rings (SSSR count). The zero-order valence-corrected chi connectivity index (χ0v) is 22.8. The van der Waals surface area contributed by atoms with Crippen LogP contribution in [0.4, 0.5) is 5.69 Å². The summed E-state index contributed by atoms with van der Waals surface area (Å²) in [5.74, 6) is -0.558. The highest BCUT2D eigenvalue weighted by atomic mass is 35.5. The van der Waals surface area contributed by atoms with Gasteiger partial charge in [-0.3, -0.25) is 13.9 Å². The first kappa shape index (κ1) is 28.3. The maximum absolute atomic E-state index is 13.7. The average Bonchev–Trinajstić information content (AvgIpc) is 2.91. The second-order valence-electron chi connectivity index (χ2n) is 8.03. The van der Waals surface area contributed by atoms with Crippen molar-refractivity contribution < 1.29 is 22.7 Å². The summed E-state index contributed by atoms with van der Waals surface area (Å²) in [6.45, 7) is 0.880. The van der Waals surface area contributed by atoms with Crippen LogP contribution in [-0.2, 0) is 26.2 Å². The molecule has 2 amide bonds. The van der Waals surface area contributed by atoms with Crippen molar-refractivity contribution in [1.82, 2.24) is 10.2 Å². The molecule has 11 heteroatoms. The number of hydrogen-bond donors (Lipinski definition) is 1. The number of sulfonamides is 1. The lowest BCUT2D eigenvalue weighted by Gasteiger charge is -2.32. The van der Waals surface area contributed by atoms with E-state index in [1.807, 2.05) is 0 Å². The Bertz CT molecular complexity index is 1330. The van der Waals surface area contributed by atoms with E-state index >= 15 is 0 Å². The predicted octanol–water partition coefficient (Wildman–Crippen LogP) is 4.36. The van der Waals surface area contributed by atoms with E-state index in [0.717, 1.165) is 4.31 Å². The van der Waals surface area contributed by atoms with Crippen LogP contribution < -0.4 is 14.4 Å². The molecule has 0 aliphatic rings. The first-order valence-corrected chi connectivity index (χ1v) is 13.5. The van der Waals surface area contributed by atoms with Crippen molar-refractivity contribution in [1.29, 1.82) is 0 Å². The van der Waals surface area contributed by atoms with Gasteiger partial charge in [0.15, 0.2) is 0 Å². The number of likely N-dealkylation sites (N-methyl/N-ethyl adjacent to an activating group) is 1. The molecule has 0 bridgehead atoms. The lowest BCUT2D eigenvalue weighted by molar-refractivity contribution is -0.139. The highest BCUT2D eigenvalue weighted by molar-refractivity contribution is 7.92. The molecule has 0 radical (unpaired) electrons. The molecule has 1 atom stereocenters. The minimum Gasteiger partial charge on any atom is -0.497 e. The fourth-order valence-corrected chi connectivity index (χ4v) is 5.57. The number of methoxy groups -OCH3 is 1. The van der Waals surface area contributed by atoms with Gasteiger partial charge in [-0.05, 0) is 55.5 Å². The van der Waals surface area contributed by atoms with Gasteiger partial charge < -0.3 is 15.0 Å². The van der Waals surface area contributed by atoms with Gasteiger partial charge in [0.2, 0.25) is 11.8 Å². The first-order valence-electron chi connectivity index (χ1n) is 11.3. The van der Waals surface area contributed by atoms with Crippen molar-refractivity contribution in [2.75, 3.05) is 25.0 Å². The van der Waals surface area contributed by atoms with Crippen molar-refractivity contribution in [2.45, 2.75) is 24.4 Å². The summed E-state index contributed by atoms with van der Waals surface area (Å²) >= 11 is 12.7. The van der Waals surface area contributed by atoms with Gasteiger partial charge in [0.25, 0.3) is 10.0 Å². The number of nitrogens with zero attached hydrogens (tertiary/aromatic N) is 2. The Labute approximate surface area is 226 Å². The largest absolute Gasteiger partial charge is 0.497 e. The van der Waals surface area contributed by atoms with Crippen LogP contribution in [0, 0.1) is 0 Å². The molecule has 1 N–H and O–H groups in total. The number of amides is 2. The van der Waals surface area contributed by atoms with E-state index in [1.54, 1.807) is 55.5 Å². The number of halogens is 2. The van der Waals surface area contributed by atoms with E-state index in [2.05, 4.69) is 5.32 Å². The minimum absolute atomic E-state index is 0.0231. The summed E-state index contributed by atoms with van der Waals surface area (Å²) in [5.41, 5.74) is 0.731. The molecular weight excluding hydrogens is 537 g/mol. The summed E-state index contributed by atoms with van der Waals surface area (Å²) in [7, 11) is -1.24. The van der Waals surface area contributed by atoms with Crippen molar-refractivity contribution in [2.24, 2.45) is 0 Å². The molecule has 3 aromatic rings. The Balaban J connectivity index is 2.04. The van der Waals surface area contributed by atoms with E-state index in [0.29, 0.717) is 21.4 Å². The average molecular weight is 564 g/mol. The lowest BCUT2D eigenvalue weighted by atomic mass is 10.1. The van der Waals surface area contributed by atoms with E-state index in [9.17, 15) is 18.0 Å². The Hall–Kier alpha value is -3.27. The number of rotatable bonds is 10. The lowest BCUT2D eigenvalue weighted by Crippen LogP contribution is -2.50. The van der Waals surface area contributed by atoms with Crippen LogP contribution in [0.25, 0.3) is 0 Å². The molecule has 1 unspecified atom stereocenters. The maximum atomic E-state index is 13.7. The molecule has 0 aliphatic heterocycles. The van der Waals surface area contributed by atoms with Crippen LogP contribution in [0.15, 0.2) is 77.7 Å². The molecule has 196 valence electrons. The Morgan fingerprint density at radius 1 is 0.946 bits per heavy atom. The van der Waals surface area contributed by atoms with Gasteiger partial charge in [-0.2, -0.15) is 0 Å². The van der Waals surface area contributed by atoms with E-state index in [-0.39, 0.29) is 17.1 Å². The smallest absolute Gasteiger partial charge is 0.264 e. The number of carbonyl (C=O) groups excluding carboxylic acids is 2. The van der Waals surface area contributed by atoms with Crippen LogP contribution in [0.2, 0.25) is 10.0 Å². The van der Waals surface area contributed by atoms with Gasteiger partial charge in [0.05, 0.1) is 17.7 Å². The first-order chi connectivity index (χ1) is 17.6. The number of benzene rings is 3. The second kappa shape index (κ2) is 12.3. The fourth-order valence-electron chi connectivity index (χ4n) is 3.64. The number of para-hydroxylation sites is 1. The zero-order valence-electron chi connectivity index (χ0n) is 20.5. The van der Waals surface area contributed by atoms with Crippen LogP contribution in [-0.4, -0.2) is 51.9 Å². The number of ether oxygens (including phenoxy) is 1. The van der Waals surface area contributed by atoms with Crippen molar-refractivity contribution in [3.05, 3.63) is 88.4 Å². The molecule has 8 nitrogen and oxygen atoms in total. The van der Waals surface area contributed by atoms with Gasteiger partial charge in [0.1, 0.15) is 18.3 Å². The van der Waals surface area contributed by atoms with Gasteiger partial charge >= 0.3 is 0 Å². The van der Waals surface area contributed by atoms with Crippen molar-refractivity contribution in [3.8, 4) is 5.75 Å². The summed E-state index contributed by atoms with van der Waals surface area (Å²) in [5, 5.41) is 3.16. The van der Waals surface area contributed by atoms with Crippen molar-refractivity contribution >= 4 is 50.7 Å². The van der Waals surface area contributed by atoms with E-state index in [4.69, 9.17) is 27.9 Å². The Kier molecular flexibility index (Phi) is 9.42. The minimum atomic E-state index is -4.17. The molecule has 3 aromatic carbocycles.